The fraction of sp³-hybridized carbons (Fsp3) is 0.391. The second kappa shape index (κ2) is 6.94. The summed E-state index contributed by atoms with van der Waals surface area (Å²) in [6.07, 6.45) is 5.69. The number of carbonyl (C=O) groups excluding carboxylic acids is 1. The molecule has 3 aliphatic rings. The minimum Gasteiger partial charge on any atom is -0.489 e. The van der Waals surface area contributed by atoms with Gasteiger partial charge in [0.15, 0.2) is 10.7 Å². The van der Waals surface area contributed by atoms with Crippen molar-refractivity contribution in [2.24, 2.45) is 4.99 Å². The molecule has 0 saturated carbocycles. The lowest BCUT2D eigenvalue weighted by Crippen LogP contribution is -2.47. The third-order valence-corrected chi connectivity index (χ3v) is 7.23. The molecule has 29 heavy (non-hydrogen) atoms. The van der Waals surface area contributed by atoms with Gasteiger partial charge in [-0.15, -0.1) is 0 Å². The zero-order valence-electron chi connectivity index (χ0n) is 16.7. The Balaban J connectivity index is 1.63. The van der Waals surface area contributed by atoms with Crippen LogP contribution in [-0.2, 0) is 16.8 Å². The summed E-state index contributed by atoms with van der Waals surface area (Å²) in [7, 11) is 7.89. The molecule has 1 amide bonds. The van der Waals surface area contributed by atoms with Crippen LogP contribution < -0.4 is 10.2 Å². The third kappa shape index (κ3) is 2.83. The summed E-state index contributed by atoms with van der Waals surface area (Å²) in [5.41, 5.74) is 3.21. The van der Waals surface area contributed by atoms with Gasteiger partial charge in [-0.05, 0) is 42.7 Å². The normalized spacial score (nSPS) is 28.0. The van der Waals surface area contributed by atoms with Crippen molar-refractivity contribution in [3.63, 3.8) is 0 Å². The van der Waals surface area contributed by atoms with E-state index < -0.39 is 5.54 Å². The molecule has 0 fully saturated rings. The van der Waals surface area contributed by atoms with Gasteiger partial charge in [-0.1, -0.05) is 53.6 Å². The smallest absolute Gasteiger partial charge is 0.261 e. The summed E-state index contributed by atoms with van der Waals surface area (Å²) in [5, 5.41) is 0.744. The molecule has 2 aromatic rings. The number of rotatable bonds is 1. The molecule has 1 aliphatic carbocycles. The number of amidine groups is 1. The number of hydrogen-bond donors (Lipinski definition) is 0. The van der Waals surface area contributed by atoms with Crippen molar-refractivity contribution in [3.8, 4) is 5.75 Å². The number of amides is 1. The van der Waals surface area contributed by atoms with E-state index in [9.17, 15) is 4.79 Å². The molecule has 2 aromatic carbocycles. The van der Waals surface area contributed by atoms with E-state index in [-0.39, 0.29) is 17.9 Å². The van der Waals surface area contributed by atoms with Crippen LogP contribution in [0.3, 0.4) is 0 Å². The lowest BCUT2D eigenvalue weighted by atomic mass is 9.72. The van der Waals surface area contributed by atoms with Gasteiger partial charge >= 0.3 is 0 Å². The number of aryl methyl sites for hydroxylation is 1. The van der Waals surface area contributed by atoms with Gasteiger partial charge in [0.2, 0.25) is 0 Å². The molecule has 146 valence electrons. The molecule has 0 bridgehead atoms. The first-order valence-corrected chi connectivity index (χ1v) is 11.3. The maximum atomic E-state index is 13.5. The predicted molar refractivity (Wildman–Crippen MR) is 118 cm³/mol. The van der Waals surface area contributed by atoms with Gasteiger partial charge in [0.25, 0.3) is 5.91 Å². The van der Waals surface area contributed by atoms with Crippen molar-refractivity contribution in [2.75, 3.05) is 13.3 Å². The van der Waals surface area contributed by atoms with Crippen molar-refractivity contribution >= 4 is 36.1 Å². The van der Waals surface area contributed by atoms with Crippen LogP contribution in [0, 0.1) is 0 Å². The molecule has 2 heterocycles. The van der Waals surface area contributed by atoms with Crippen molar-refractivity contribution < 1.29 is 9.53 Å². The van der Waals surface area contributed by atoms with E-state index in [1.54, 1.807) is 11.9 Å². The summed E-state index contributed by atoms with van der Waals surface area (Å²) in [5.74, 6) is 0.992. The monoisotopic (exact) mass is 402 g/mol. The molecule has 1 spiro atoms. The molecule has 0 N–H and O–H groups in total. The highest BCUT2D eigenvalue weighted by Crippen LogP contribution is 2.50. The van der Waals surface area contributed by atoms with Crippen molar-refractivity contribution in [3.05, 3.63) is 59.2 Å². The highest BCUT2D eigenvalue weighted by atomic mass is 32.2. The van der Waals surface area contributed by atoms with Gasteiger partial charge < -0.3 is 4.74 Å². The average Bonchev–Trinajstić information content (AvgIpc) is 2.99. The summed E-state index contributed by atoms with van der Waals surface area (Å²) in [6, 6.07) is 14.2. The van der Waals surface area contributed by atoms with Gasteiger partial charge in [-0.2, -0.15) is 0 Å². The maximum Gasteiger partial charge on any atom is 0.261 e. The number of thioether (sulfide) groups is 1. The van der Waals surface area contributed by atoms with Gasteiger partial charge in [-0.3, -0.25) is 9.69 Å². The Morgan fingerprint density at radius 2 is 2.10 bits per heavy atom. The number of aliphatic imine (C=N–C) groups is 1. The van der Waals surface area contributed by atoms with Crippen molar-refractivity contribution in [1.29, 1.82) is 0 Å². The molecule has 5 rings (SSSR count). The number of carbonyl (C=O) groups is 1. The zero-order chi connectivity index (χ0) is 20.2. The van der Waals surface area contributed by atoms with Gasteiger partial charge in [0.1, 0.15) is 19.7 Å². The zero-order valence-corrected chi connectivity index (χ0v) is 17.5. The number of fused-ring (bicyclic) bond motifs is 3. The quantitative estimate of drug-likeness (QED) is 0.689. The number of likely N-dealkylation sites (N-methyl/N-ethyl adjacent to an activating group) is 1. The van der Waals surface area contributed by atoms with Crippen LogP contribution in [0.25, 0.3) is 0 Å². The second-order valence-corrected chi connectivity index (χ2v) is 8.91. The largest absolute Gasteiger partial charge is 0.489 e. The molecular formula is C23H23BN2O2S. The molecule has 3 unspecified atom stereocenters. The van der Waals surface area contributed by atoms with Crippen molar-refractivity contribution in [2.45, 2.75) is 43.2 Å². The SMILES string of the molecule is [B]c1ccc2c(c1)C1(CC(C3CCCc4ccccc43)O2)N=C(SC)N(C)C1=O. The summed E-state index contributed by atoms with van der Waals surface area (Å²) >= 11 is 1.50. The summed E-state index contributed by atoms with van der Waals surface area (Å²) in [4.78, 5) is 20.1. The lowest BCUT2D eigenvalue weighted by molar-refractivity contribution is -0.132. The number of ether oxygens (including phenoxy) is 1. The number of nitrogens with zero attached hydrogens (tertiary/aromatic N) is 2. The van der Waals surface area contributed by atoms with Crippen LogP contribution in [0.5, 0.6) is 5.75 Å². The van der Waals surface area contributed by atoms with E-state index in [0.717, 1.165) is 35.7 Å². The Labute approximate surface area is 177 Å². The molecule has 2 radical (unpaired) electrons. The topological polar surface area (TPSA) is 41.9 Å². The molecule has 4 nitrogen and oxygen atoms in total. The fourth-order valence-corrected chi connectivity index (χ4v) is 5.73. The van der Waals surface area contributed by atoms with E-state index >= 15 is 0 Å². The lowest BCUT2D eigenvalue weighted by Gasteiger charge is -2.41. The minimum absolute atomic E-state index is 0.00564. The molecule has 3 atom stereocenters. The molecular weight excluding hydrogens is 379 g/mol. The summed E-state index contributed by atoms with van der Waals surface area (Å²) in [6.45, 7) is 0. The van der Waals surface area contributed by atoms with Crippen LogP contribution in [0.15, 0.2) is 47.5 Å². The standard InChI is InChI=1S/C23H23BN2O2S/c1-26-21(27)23(25-22(26)29-2)13-20(28-19-11-10-15(24)12-18(19)23)17-9-5-7-14-6-3-4-8-16(14)17/h3-4,6,8,10-12,17,20H,5,7,9,13H2,1-2H3. The molecule has 0 aromatic heterocycles. The highest BCUT2D eigenvalue weighted by molar-refractivity contribution is 8.13. The first kappa shape index (κ1) is 18.8. The fourth-order valence-electron chi connectivity index (χ4n) is 5.12. The first-order chi connectivity index (χ1) is 14.0. The van der Waals surface area contributed by atoms with Gasteiger partial charge in [-0.25, -0.2) is 4.99 Å². The van der Waals surface area contributed by atoms with E-state index in [0.29, 0.717) is 11.9 Å². The Morgan fingerprint density at radius 3 is 2.90 bits per heavy atom. The highest BCUT2D eigenvalue weighted by Gasteiger charge is 2.55. The van der Waals surface area contributed by atoms with Crippen LogP contribution in [0.1, 0.15) is 41.9 Å². The van der Waals surface area contributed by atoms with Crippen LogP contribution in [0.4, 0.5) is 0 Å². The molecule has 0 saturated heterocycles. The van der Waals surface area contributed by atoms with Gasteiger partial charge in [0, 0.05) is 24.9 Å². The Kier molecular flexibility index (Phi) is 4.50. The maximum absolute atomic E-state index is 13.5. The third-order valence-electron chi connectivity index (χ3n) is 6.50. The number of benzene rings is 2. The number of hydrogen-bond acceptors (Lipinski definition) is 4. The van der Waals surface area contributed by atoms with E-state index in [2.05, 4.69) is 24.3 Å². The predicted octanol–water partition coefficient (Wildman–Crippen LogP) is 3.14. The summed E-state index contributed by atoms with van der Waals surface area (Å²) < 4.78 is 6.52. The van der Waals surface area contributed by atoms with Crippen molar-refractivity contribution in [1.82, 2.24) is 4.90 Å². The van der Waals surface area contributed by atoms with Gasteiger partial charge in [0.05, 0.1) is 0 Å². The van der Waals surface area contributed by atoms with Crippen LogP contribution >= 0.6 is 11.8 Å². The average molecular weight is 402 g/mol. The Morgan fingerprint density at radius 1 is 1.28 bits per heavy atom. The molecule has 2 aliphatic heterocycles. The van der Waals surface area contributed by atoms with E-state index in [4.69, 9.17) is 17.6 Å². The van der Waals surface area contributed by atoms with Crippen LogP contribution in [-0.4, -0.2) is 43.2 Å². The molecule has 6 heteroatoms. The Bertz CT molecular complexity index is 1020. The van der Waals surface area contributed by atoms with E-state index in [1.165, 1.54) is 22.9 Å². The first-order valence-electron chi connectivity index (χ1n) is 10.1. The van der Waals surface area contributed by atoms with E-state index in [1.807, 2.05) is 24.5 Å². The Hall–Kier alpha value is -2.21. The second-order valence-electron chi connectivity index (χ2n) is 8.14. The van der Waals surface area contributed by atoms with Crippen LogP contribution in [0.2, 0.25) is 0 Å². The minimum atomic E-state index is -0.951.